The van der Waals surface area contributed by atoms with Crippen LogP contribution in [0.25, 0.3) is 0 Å². The smallest absolute Gasteiger partial charge is 0.331 e. The molecule has 0 saturated heterocycles. The molecule has 0 saturated carbocycles. The number of nitrogens with zero attached hydrogens (tertiary/aromatic N) is 3. The molecule has 6 heteroatoms. The van der Waals surface area contributed by atoms with Gasteiger partial charge in [-0.2, -0.15) is 5.10 Å². The number of aromatic nitrogens is 2. The van der Waals surface area contributed by atoms with Gasteiger partial charge in [-0.05, 0) is 6.92 Å². The largest absolute Gasteiger partial charge is 0.479 e. The molecule has 1 amide bonds. The second-order valence-corrected chi connectivity index (χ2v) is 3.68. The summed E-state index contributed by atoms with van der Waals surface area (Å²) in [5.74, 6) is -1.36. The molecule has 1 N–H and O–H groups in total. The van der Waals surface area contributed by atoms with Gasteiger partial charge in [0.15, 0.2) is 6.04 Å². The quantitative estimate of drug-likeness (QED) is 0.804. The Bertz CT molecular complexity index is 425. The molecule has 1 aromatic heterocycles. The minimum Gasteiger partial charge on any atom is -0.479 e. The van der Waals surface area contributed by atoms with E-state index in [1.807, 2.05) is 0 Å². The number of carbonyl (C=O) groups is 2. The molecule has 88 valence electrons. The number of aliphatic carboxylic acids is 1. The fraction of sp³-hybridized carbons (Fsp3) is 0.500. The summed E-state index contributed by atoms with van der Waals surface area (Å²) in [4.78, 5) is 23.6. The summed E-state index contributed by atoms with van der Waals surface area (Å²) in [6.07, 6.45) is 1.48. The van der Waals surface area contributed by atoms with Crippen molar-refractivity contribution >= 4 is 11.9 Å². The average Bonchev–Trinajstić information content (AvgIpc) is 2.49. The normalized spacial score (nSPS) is 12.2. The summed E-state index contributed by atoms with van der Waals surface area (Å²) in [6.45, 7) is 3.11. The first-order valence-electron chi connectivity index (χ1n) is 4.81. The second kappa shape index (κ2) is 4.34. The number of carboxylic acids is 1. The first-order chi connectivity index (χ1) is 7.36. The molecule has 1 unspecified atom stereocenters. The van der Waals surface area contributed by atoms with E-state index >= 15 is 0 Å². The summed E-state index contributed by atoms with van der Waals surface area (Å²) in [7, 11) is 3.19. The summed E-state index contributed by atoms with van der Waals surface area (Å²) >= 11 is 0. The lowest BCUT2D eigenvalue weighted by Crippen LogP contribution is -2.34. The van der Waals surface area contributed by atoms with Gasteiger partial charge in [-0.15, -0.1) is 0 Å². The third kappa shape index (κ3) is 2.05. The maximum Gasteiger partial charge on any atom is 0.331 e. The van der Waals surface area contributed by atoms with Crippen LogP contribution in [0.4, 0.5) is 0 Å². The van der Waals surface area contributed by atoms with Gasteiger partial charge in [0.25, 0.3) is 0 Å². The van der Waals surface area contributed by atoms with E-state index in [-0.39, 0.29) is 5.91 Å². The van der Waals surface area contributed by atoms with Crippen molar-refractivity contribution in [2.45, 2.75) is 19.9 Å². The highest BCUT2D eigenvalue weighted by Gasteiger charge is 2.29. The minimum absolute atomic E-state index is 0.296. The predicted octanol–water partition coefficient (Wildman–Crippen LogP) is 0.333. The van der Waals surface area contributed by atoms with Crippen molar-refractivity contribution in [1.82, 2.24) is 14.7 Å². The molecular weight excluding hydrogens is 210 g/mol. The Labute approximate surface area is 93.5 Å². The Morgan fingerprint density at radius 3 is 2.44 bits per heavy atom. The maximum atomic E-state index is 11.2. The number of likely N-dealkylation sites (N-methyl/N-ethyl adjacent to an activating group) is 1. The molecule has 6 nitrogen and oxygen atoms in total. The molecule has 0 aliphatic carbocycles. The molecule has 0 aromatic carbocycles. The first kappa shape index (κ1) is 12.2. The minimum atomic E-state index is -1.06. The molecule has 0 radical (unpaired) electrons. The Morgan fingerprint density at radius 2 is 2.12 bits per heavy atom. The number of hydrogen-bond donors (Lipinski definition) is 1. The standard InChI is InChI=1S/C10H15N3O3/c1-6-8(5-11-13(6)4)9(10(15)16)12(3)7(2)14/h5,9H,1-4H3,(H,15,16). The van der Waals surface area contributed by atoms with Gasteiger partial charge in [-0.1, -0.05) is 0 Å². The van der Waals surface area contributed by atoms with E-state index in [4.69, 9.17) is 5.11 Å². The first-order valence-corrected chi connectivity index (χ1v) is 4.81. The average molecular weight is 225 g/mol. The summed E-state index contributed by atoms with van der Waals surface area (Å²) in [6, 6.07) is -0.980. The molecule has 0 aliphatic rings. The molecule has 0 aliphatic heterocycles. The van der Waals surface area contributed by atoms with Crippen molar-refractivity contribution < 1.29 is 14.7 Å². The lowest BCUT2D eigenvalue weighted by Gasteiger charge is -2.23. The fourth-order valence-corrected chi connectivity index (χ4v) is 1.47. The van der Waals surface area contributed by atoms with Gasteiger partial charge in [-0.3, -0.25) is 9.48 Å². The third-order valence-electron chi connectivity index (χ3n) is 2.69. The number of carbonyl (C=O) groups excluding carboxylic acids is 1. The van der Waals surface area contributed by atoms with E-state index in [1.165, 1.54) is 25.1 Å². The molecule has 1 atom stereocenters. The maximum absolute atomic E-state index is 11.2. The SMILES string of the molecule is CC(=O)N(C)C(C(=O)O)c1cnn(C)c1C. The van der Waals surface area contributed by atoms with Gasteiger partial charge in [0.05, 0.1) is 6.20 Å². The zero-order valence-corrected chi connectivity index (χ0v) is 9.76. The second-order valence-electron chi connectivity index (χ2n) is 3.68. The van der Waals surface area contributed by atoms with Crippen molar-refractivity contribution in [2.24, 2.45) is 7.05 Å². The monoisotopic (exact) mass is 225 g/mol. The van der Waals surface area contributed by atoms with Crippen molar-refractivity contribution in [3.63, 3.8) is 0 Å². The summed E-state index contributed by atoms with van der Waals surface area (Å²) in [5.41, 5.74) is 1.27. The predicted molar refractivity (Wildman–Crippen MR) is 56.8 cm³/mol. The van der Waals surface area contributed by atoms with Crippen LogP contribution in [0, 0.1) is 6.92 Å². The zero-order chi connectivity index (χ0) is 12.5. The Balaban J connectivity index is 3.18. The van der Waals surface area contributed by atoms with Gasteiger partial charge in [-0.25, -0.2) is 4.79 Å². The van der Waals surface area contributed by atoms with Crippen LogP contribution >= 0.6 is 0 Å². The third-order valence-corrected chi connectivity index (χ3v) is 2.69. The van der Waals surface area contributed by atoms with Crippen LogP contribution < -0.4 is 0 Å². The van der Waals surface area contributed by atoms with E-state index in [0.717, 1.165) is 5.69 Å². The van der Waals surface area contributed by atoms with Crippen LogP contribution in [0.15, 0.2) is 6.20 Å². The lowest BCUT2D eigenvalue weighted by molar-refractivity contribution is -0.148. The van der Waals surface area contributed by atoms with Gasteiger partial charge in [0, 0.05) is 32.3 Å². The van der Waals surface area contributed by atoms with Crippen LogP contribution in [-0.2, 0) is 16.6 Å². The highest BCUT2D eigenvalue weighted by molar-refractivity contribution is 5.83. The highest BCUT2D eigenvalue weighted by Crippen LogP contribution is 2.22. The molecule has 16 heavy (non-hydrogen) atoms. The lowest BCUT2D eigenvalue weighted by atomic mass is 10.1. The van der Waals surface area contributed by atoms with Crippen molar-refractivity contribution in [2.75, 3.05) is 7.05 Å². The molecule has 0 bridgehead atoms. The molecule has 0 fully saturated rings. The van der Waals surface area contributed by atoms with E-state index in [9.17, 15) is 9.59 Å². The number of aryl methyl sites for hydroxylation is 1. The number of rotatable bonds is 3. The summed E-state index contributed by atoms with van der Waals surface area (Å²) in [5, 5.41) is 13.1. The summed E-state index contributed by atoms with van der Waals surface area (Å²) < 4.78 is 1.58. The van der Waals surface area contributed by atoms with E-state index < -0.39 is 12.0 Å². The molecular formula is C10H15N3O3. The van der Waals surface area contributed by atoms with Crippen LogP contribution in [-0.4, -0.2) is 38.7 Å². The van der Waals surface area contributed by atoms with Crippen LogP contribution in [0.2, 0.25) is 0 Å². The van der Waals surface area contributed by atoms with Crippen molar-refractivity contribution in [3.8, 4) is 0 Å². The van der Waals surface area contributed by atoms with Crippen LogP contribution in [0.3, 0.4) is 0 Å². The Morgan fingerprint density at radius 1 is 1.56 bits per heavy atom. The van der Waals surface area contributed by atoms with Crippen molar-refractivity contribution in [3.05, 3.63) is 17.5 Å². The van der Waals surface area contributed by atoms with E-state index in [2.05, 4.69) is 5.10 Å². The number of carboxylic acid groups (broad SMARTS) is 1. The highest BCUT2D eigenvalue weighted by atomic mass is 16.4. The van der Waals surface area contributed by atoms with Gasteiger partial charge in [0.1, 0.15) is 0 Å². The molecule has 0 spiro atoms. The Hall–Kier alpha value is -1.85. The van der Waals surface area contributed by atoms with Crippen molar-refractivity contribution in [1.29, 1.82) is 0 Å². The number of hydrogen-bond acceptors (Lipinski definition) is 3. The fourth-order valence-electron chi connectivity index (χ4n) is 1.47. The van der Waals surface area contributed by atoms with Crippen LogP contribution in [0.1, 0.15) is 24.2 Å². The molecule has 1 heterocycles. The topological polar surface area (TPSA) is 75.4 Å². The van der Waals surface area contributed by atoms with E-state index in [1.54, 1.807) is 18.7 Å². The van der Waals surface area contributed by atoms with Gasteiger partial charge >= 0.3 is 5.97 Å². The van der Waals surface area contributed by atoms with Gasteiger partial charge < -0.3 is 10.0 Å². The zero-order valence-electron chi connectivity index (χ0n) is 9.76. The Kier molecular flexibility index (Phi) is 3.31. The number of amides is 1. The molecule has 1 aromatic rings. The van der Waals surface area contributed by atoms with Crippen LogP contribution in [0.5, 0.6) is 0 Å². The van der Waals surface area contributed by atoms with E-state index in [0.29, 0.717) is 5.56 Å². The molecule has 1 rings (SSSR count). The van der Waals surface area contributed by atoms with Gasteiger partial charge in [0.2, 0.25) is 5.91 Å².